The topological polar surface area (TPSA) is 58.6 Å². The molecule has 0 saturated heterocycles. The minimum atomic E-state index is -0.200. The van der Waals surface area contributed by atoms with Crippen LogP contribution in [0.5, 0.6) is 0 Å². The van der Waals surface area contributed by atoms with Crippen LogP contribution < -0.4 is 0 Å². The second kappa shape index (κ2) is 6.22. The molecular weight excluding hydrogens is 270 g/mol. The molecule has 0 bridgehead atoms. The van der Waals surface area contributed by atoms with Crippen molar-refractivity contribution in [2.45, 2.75) is 44.0 Å². The van der Waals surface area contributed by atoms with Crippen LogP contribution in [0.3, 0.4) is 0 Å². The number of aryl methyl sites for hydroxylation is 1. The lowest BCUT2D eigenvalue weighted by atomic mass is 10.1. The van der Waals surface area contributed by atoms with Crippen molar-refractivity contribution < 1.29 is 4.79 Å². The molecule has 20 heavy (non-hydrogen) atoms. The molecule has 106 valence electrons. The number of ketones is 1. The van der Waals surface area contributed by atoms with Crippen LogP contribution in [0.4, 0.5) is 0 Å². The summed E-state index contributed by atoms with van der Waals surface area (Å²) < 4.78 is 0. The second-order valence-electron chi connectivity index (χ2n) is 5.15. The van der Waals surface area contributed by atoms with E-state index in [-0.39, 0.29) is 11.0 Å². The Morgan fingerprint density at radius 3 is 2.40 bits per heavy atom. The van der Waals surface area contributed by atoms with Crippen molar-refractivity contribution in [3.05, 3.63) is 41.2 Å². The van der Waals surface area contributed by atoms with Gasteiger partial charge in [0.25, 0.3) is 0 Å². The summed E-state index contributed by atoms with van der Waals surface area (Å²) in [7, 11) is 0. The summed E-state index contributed by atoms with van der Waals surface area (Å²) in [5, 5.41) is 7.47. The van der Waals surface area contributed by atoms with Crippen molar-refractivity contribution in [3.63, 3.8) is 0 Å². The predicted octanol–water partition coefficient (Wildman–Crippen LogP) is 3.60. The zero-order valence-electron chi connectivity index (χ0n) is 12.2. The van der Waals surface area contributed by atoms with Gasteiger partial charge in [0.15, 0.2) is 5.78 Å². The molecule has 0 spiro atoms. The summed E-state index contributed by atoms with van der Waals surface area (Å²) in [6.45, 7) is 8.00. The van der Waals surface area contributed by atoms with Crippen molar-refractivity contribution in [2.24, 2.45) is 0 Å². The number of aromatic amines is 1. The number of thioether (sulfide) groups is 1. The zero-order valence-corrected chi connectivity index (χ0v) is 13.0. The average molecular weight is 289 g/mol. The number of aromatic nitrogens is 3. The van der Waals surface area contributed by atoms with Crippen LogP contribution in [0, 0.1) is 6.92 Å². The molecule has 0 saturated carbocycles. The summed E-state index contributed by atoms with van der Waals surface area (Å²) in [5.41, 5.74) is 1.88. The molecule has 0 radical (unpaired) electrons. The van der Waals surface area contributed by atoms with Crippen LogP contribution in [0.25, 0.3) is 0 Å². The number of hydrogen-bond donors (Lipinski definition) is 1. The fraction of sp³-hybridized carbons (Fsp3) is 0.400. The van der Waals surface area contributed by atoms with E-state index in [0.29, 0.717) is 11.1 Å². The van der Waals surface area contributed by atoms with Crippen LogP contribution in [-0.2, 0) is 0 Å². The van der Waals surface area contributed by atoms with Gasteiger partial charge >= 0.3 is 0 Å². The van der Waals surface area contributed by atoms with E-state index in [2.05, 4.69) is 29.0 Å². The Labute approximate surface area is 123 Å². The first-order valence-electron chi connectivity index (χ1n) is 6.67. The van der Waals surface area contributed by atoms with Gasteiger partial charge in [0.2, 0.25) is 5.16 Å². The Morgan fingerprint density at radius 1 is 1.20 bits per heavy atom. The van der Waals surface area contributed by atoms with Crippen molar-refractivity contribution >= 4 is 17.5 Å². The highest BCUT2D eigenvalue weighted by atomic mass is 32.2. The minimum Gasteiger partial charge on any atom is -0.293 e. The monoisotopic (exact) mass is 289 g/mol. The quantitative estimate of drug-likeness (QED) is 0.675. The number of benzene rings is 1. The molecule has 2 rings (SSSR count). The molecule has 1 atom stereocenters. The Balaban J connectivity index is 2.05. The number of H-pyrrole nitrogens is 1. The third-order valence-electron chi connectivity index (χ3n) is 3.02. The first-order chi connectivity index (χ1) is 9.47. The Kier molecular flexibility index (Phi) is 4.60. The van der Waals surface area contributed by atoms with Gasteiger partial charge in [0.1, 0.15) is 5.82 Å². The minimum absolute atomic E-state index is 0.103. The van der Waals surface area contributed by atoms with Crippen molar-refractivity contribution in [2.75, 3.05) is 0 Å². The van der Waals surface area contributed by atoms with Crippen LogP contribution in [0.15, 0.2) is 29.4 Å². The van der Waals surface area contributed by atoms with E-state index < -0.39 is 0 Å². The summed E-state index contributed by atoms with van der Waals surface area (Å²) in [6.07, 6.45) is 0. The van der Waals surface area contributed by atoms with Crippen LogP contribution in [-0.4, -0.2) is 26.2 Å². The number of nitrogens with zero attached hydrogens (tertiary/aromatic N) is 2. The van der Waals surface area contributed by atoms with Crippen molar-refractivity contribution in [1.29, 1.82) is 0 Å². The number of carbonyl (C=O) groups is 1. The molecule has 1 aromatic carbocycles. The van der Waals surface area contributed by atoms with Gasteiger partial charge in [-0.25, -0.2) is 4.98 Å². The highest BCUT2D eigenvalue weighted by molar-refractivity contribution is 8.00. The maximum Gasteiger partial charge on any atom is 0.209 e. The maximum atomic E-state index is 12.3. The van der Waals surface area contributed by atoms with Crippen LogP contribution in [0.1, 0.15) is 48.4 Å². The molecule has 1 heterocycles. The number of Topliss-reactive ketones (excluding diaryl/α,β-unsaturated/α-hetero) is 1. The van der Waals surface area contributed by atoms with Gasteiger partial charge in [-0.2, -0.15) is 0 Å². The number of rotatable bonds is 5. The van der Waals surface area contributed by atoms with E-state index in [1.807, 2.05) is 38.1 Å². The summed E-state index contributed by atoms with van der Waals surface area (Å²) in [5.74, 6) is 1.26. The molecule has 2 aromatic rings. The molecule has 0 unspecified atom stereocenters. The first-order valence-corrected chi connectivity index (χ1v) is 7.55. The summed E-state index contributed by atoms with van der Waals surface area (Å²) in [4.78, 5) is 16.7. The average Bonchev–Trinajstić information content (AvgIpc) is 2.87. The van der Waals surface area contributed by atoms with E-state index in [1.54, 1.807) is 0 Å². The van der Waals surface area contributed by atoms with Crippen molar-refractivity contribution in [3.8, 4) is 0 Å². The van der Waals surface area contributed by atoms with E-state index in [4.69, 9.17) is 0 Å². The molecule has 0 aliphatic heterocycles. The maximum absolute atomic E-state index is 12.3. The predicted molar refractivity (Wildman–Crippen MR) is 81.3 cm³/mol. The zero-order chi connectivity index (χ0) is 14.7. The normalized spacial score (nSPS) is 12.7. The number of carbonyl (C=O) groups excluding carboxylic acids is 1. The fourth-order valence-electron chi connectivity index (χ4n) is 1.73. The fourth-order valence-corrected chi connectivity index (χ4v) is 2.54. The van der Waals surface area contributed by atoms with E-state index in [0.717, 1.165) is 17.0 Å². The molecule has 1 aromatic heterocycles. The molecule has 4 nitrogen and oxygen atoms in total. The van der Waals surface area contributed by atoms with Crippen LogP contribution >= 0.6 is 11.8 Å². The van der Waals surface area contributed by atoms with Gasteiger partial charge < -0.3 is 0 Å². The van der Waals surface area contributed by atoms with Gasteiger partial charge in [-0.3, -0.25) is 9.89 Å². The molecule has 0 amide bonds. The van der Waals surface area contributed by atoms with Crippen LogP contribution in [0.2, 0.25) is 0 Å². The molecule has 0 fully saturated rings. The second-order valence-corrected chi connectivity index (χ2v) is 6.46. The third kappa shape index (κ3) is 3.48. The molecule has 0 aliphatic rings. The summed E-state index contributed by atoms with van der Waals surface area (Å²) in [6, 6.07) is 7.64. The standard InChI is InChI=1S/C15H19N3OS/c1-9(2)14-16-15(18-17-14)20-11(4)13(19)12-7-5-10(3)6-8-12/h5-9,11H,1-4H3,(H,16,17,18)/t11-/m1/s1. The lowest BCUT2D eigenvalue weighted by Crippen LogP contribution is -2.13. The molecule has 1 N–H and O–H groups in total. The highest BCUT2D eigenvalue weighted by Crippen LogP contribution is 2.23. The van der Waals surface area contributed by atoms with Crippen molar-refractivity contribution in [1.82, 2.24) is 15.2 Å². The number of hydrogen-bond acceptors (Lipinski definition) is 4. The lowest BCUT2D eigenvalue weighted by Gasteiger charge is -2.07. The smallest absolute Gasteiger partial charge is 0.209 e. The summed E-state index contributed by atoms with van der Waals surface area (Å²) >= 11 is 1.39. The van der Waals surface area contributed by atoms with Gasteiger partial charge in [0, 0.05) is 11.5 Å². The first kappa shape index (κ1) is 14.8. The van der Waals surface area contributed by atoms with Gasteiger partial charge in [-0.15, -0.1) is 5.10 Å². The third-order valence-corrected chi connectivity index (χ3v) is 3.98. The van der Waals surface area contributed by atoms with Gasteiger partial charge in [-0.05, 0) is 13.8 Å². The largest absolute Gasteiger partial charge is 0.293 e. The molecule has 5 heteroatoms. The Hall–Kier alpha value is -1.62. The van der Waals surface area contributed by atoms with Gasteiger partial charge in [0.05, 0.1) is 5.25 Å². The molecule has 0 aliphatic carbocycles. The highest BCUT2D eigenvalue weighted by Gasteiger charge is 2.19. The SMILES string of the molecule is Cc1ccc(C(=O)[C@@H](C)Sc2n[nH]c(C(C)C)n2)cc1. The Bertz CT molecular complexity index is 589. The Morgan fingerprint density at radius 2 is 1.85 bits per heavy atom. The lowest BCUT2D eigenvalue weighted by molar-refractivity contribution is 0.0994. The van der Waals surface area contributed by atoms with E-state index >= 15 is 0 Å². The van der Waals surface area contributed by atoms with Gasteiger partial charge in [-0.1, -0.05) is 55.4 Å². The van der Waals surface area contributed by atoms with E-state index in [9.17, 15) is 4.79 Å². The van der Waals surface area contributed by atoms with E-state index in [1.165, 1.54) is 11.8 Å². The molecular formula is C15H19N3OS. The number of nitrogens with one attached hydrogen (secondary N) is 1.